The molecule has 1 saturated carbocycles. The van der Waals surface area contributed by atoms with Crippen molar-refractivity contribution in [1.29, 1.82) is 0 Å². The lowest BCUT2D eigenvalue weighted by Gasteiger charge is -2.38. The van der Waals surface area contributed by atoms with E-state index in [2.05, 4.69) is 0 Å². The van der Waals surface area contributed by atoms with Crippen LogP contribution in [0.15, 0.2) is 0 Å². The van der Waals surface area contributed by atoms with Gasteiger partial charge in [0.2, 0.25) is 5.91 Å². The van der Waals surface area contributed by atoms with Crippen LogP contribution < -0.4 is 0 Å². The van der Waals surface area contributed by atoms with E-state index in [1.165, 1.54) is 0 Å². The summed E-state index contributed by atoms with van der Waals surface area (Å²) in [6, 6.07) is 0.304. The maximum Gasteiger partial charge on any atom is 0.310 e. The number of aliphatic carboxylic acids is 1. The molecule has 0 spiro atoms. The molecule has 1 aliphatic heterocycles. The molecule has 5 heteroatoms. The van der Waals surface area contributed by atoms with E-state index in [4.69, 9.17) is 0 Å². The first-order chi connectivity index (χ1) is 8.05. The van der Waals surface area contributed by atoms with Gasteiger partial charge in [-0.2, -0.15) is 11.8 Å². The Morgan fingerprint density at radius 1 is 1.47 bits per heavy atom. The van der Waals surface area contributed by atoms with Gasteiger partial charge in [-0.25, -0.2) is 0 Å². The second-order valence-electron chi connectivity index (χ2n) is 5.14. The Bertz CT molecular complexity index is 322. The minimum atomic E-state index is -0.800. The Hall–Kier alpha value is -0.710. The Kier molecular flexibility index (Phi) is 3.66. The summed E-state index contributed by atoms with van der Waals surface area (Å²) >= 11 is 1.86. The highest BCUT2D eigenvalue weighted by atomic mass is 32.2. The number of carboxylic acids is 1. The molecular formula is C12H19NO3S. The predicted molar refractivity (Wildman–Crippen MR) is 67.0 cm³/mol. The van der Waals surface area contributed by atoms with E-state index in [0.717, 1.165) is 24.3 Å². The van der Waals surface area contributed by atoms with Crippen molar-refractivity contribution < 1.29 is 14.7 Å². The summed E-state index contributed by atoms with van der Waals surface area (Å²) in [5.41, 5.74) is -0.753. The average molecular weight is 257 g/mol. The molecule has 0 aromatic heterocycles. The number of hydrogen-bond acceptors (Lipinski definition) is 3. The van der Waals surface area contributed by atoms with E-state index in [1.807, 2.05) is 18.8 Å². The first kappa shape index (κ1) is 12.7. The molecule has 0 bridgehead atoms. The van der Waals surface area contributed by atoms with Gasteiger partial charge in [-0.15, -0.1) is 0 Å². The number of carbonyl (C=O) groups is 2. The van der Waals surface area contributed by atoms with Gasteiger partial charge in [0.1, 0.15) is 0 Å². The number of hydrogen-bond donors (Lipinski definition) is 1. The normalized spacial score (nSPS) is 26.3. The van der Waals surface area contributed by atoms with E-state index >= 15 is 0 Å². The van der Waals surface area contributed by atoms with Crippen molar-refractivity contribution in [3.63, 3.8) is 0 Å². The Morgan fingerprint density at radius 3 is 2.59 bits per heavy atom. The second kappa shape index (κ2) is 4.88. The standard InChI is InChI=1S/C12H19NO3S/c1-13(9-3-6-17-8-9)10(14)7-12(11(15)16)4-2-5-12/h9H,2-8H2,1H3,(H,15,16). The summed E-state index contributed by atoms with van der Waals surface area (Å²) in [6.07, 6.45) is 3.46. The second-order valence-corrected chi connectivity index (χ2v) is 6.29. The number of thioether (sulfide) groups is 1. The first-order valence-corrected chi connectivity index (χ1v) is 7.27. The van der Waals surface area contributed by atoms with Gasteiger partial charge in [-0.05, 0) is 25.0 Å². The highest BCUT2D eigenvalue weighted by Crippen LogP contribution is 2.44. The quantitative estimate of drug-likeness (QED) is 0.831. The zero-order chi connectivity index (χ0) is 12.5. The van der Waals surface area contributed by atoms with Gasteiger partial charge in [0, 0.05) is 25.3 Å². The number of amides is 1. The van der Waals surface area contributed by atoms with Gasteiger partial charge in [-0.1, -0.05) is 6.42 Å². The average Bonchev–Trinajstić information content (AvgIpc) is 2.74. The number of carboxylic acid groups (broad SMARTS) is 1. The Labute approximate surface area is 106 Å². The van der Waals surface area contributed by atoms with Crippen molar-refractivity contribution in [1.82, 2.24) is 4.90 Å². The fourth-order valence-corrected chi connectivity index (χ4v) is 3.78. The largest absolute Gasteiger partial charge is 0.481 e. The first-order valence-electron chi connectivity index (χ1n) is 6.12. The third-order valence-corrected chi connectivity index (χ3v) is 5.25. The van der Waals surface area contributed by atoms with Crippen LogP contribution in [-0.4, -0.2) is 46.5 Å². The molecule has 2 fully saturated rings. The Balaban J connectivity index is 1.93. The summed E-state index contributed by atoms with van der Waals surface area (Å²) in [5, 5.41) is 9.20. The van der Waals surface area contributed by atoms with Crippen LogP contribution >= 0.6 is 11.8 Å². The van der Waals surface area contributed by atoms with Crippen molar-refractivity contribution in [3.05, 3.63) is 0 Å². The monoisotopic (exact) mass is 257 g/mol. The Morgan fingerprint density at radius 2 is 2.18 bits per heavy atom. The van der Waals surface area contributed by atoms with Crippen LogP contribution in [0.5, 0.6) is 0 Å². The summed E-state index contributed by atoms with van der Waals surface area (Å²) in [7, 11) is 1.81. The molecule has 17 heavy (non-hydrogen) atoms. The SMILES string of the molecule is CN(C(=O)CC1(C(=O)O)CCC1)C1CCSC1. The summed E-state index contributed by atoms with van der Waals surface area (Å²) in [6.45, 7) is 0. The third-order valence-electron chi connectivity index (χ3n) is 4.10. The van der Waals surface area contributed by atoms with E-state index < -0.39 is 11.4 Å². The van der Waals surface area contributed by atoms with Crippen LogP contribution in [0.1, 0.15) is 32.1 Å². The van der Waals surface area contributed by atoms with Crippen molar-refractivity contribution in [2.24, 2.45) is 5.41 Å². The van der Waals surface area contributed by atoms with E-state index in [0.29, 0.717) is 18.9 Å². The fraction of sp³-hybridized carbons (Fsp3) is 0.833. The van der Waals surface area contributed by atoms with Gasteiger partial charge in [-0.3, -0.25) is 9.59 Å². The van der Waals surface area contributed by atoms with Gasteiger partial charge >= 0.3 is 5.97 Å². The van der Waals surface area contributed by atoms with E-state index in [-0.39, 0.29) is 12.3 Å². The molecule has 4 nitrogen and oxygen atoms in total. The summed E-state index contributed by atoms with van der Waals surface area (Å²) in [4.78, 5) is 25.1. The number of carbonyl (C=O) groups excluding carboxylic acids is 1. The van der Waals surface area contributed by atoms with Crippen LogP contribution in [0.4, 0.5) is 0 Å². The van der Waals surface area contributed by atoms with Crippen LogP contribution in [-0.2, 0) is 9.59 Å². The van der Waals surface area contributed by atoms with Gasteiger partial charge in [0.25, 0.3) is 0 Å². The zero-order valence-corrected chi connectivity index (χ0v) is 11.0. The highest BCUT2D eigenvalue weighted by Gasteiger charge is 2.46. The van der Waals surface area contributed by atoms with Gasteiger partial charge < -0.3 is 10.0 Å². The molecular weight excluding hydrogens is 238 g/mol. The van der Waals surface area contributed by atoms with Crippen LogP contribution in [0, 0.1) is 5.41 Å². The smallest absolute Gasteiger partial charge is 0.310 e. The third kappa shape index (κ3) is 2.44. The lowest BCUT2D eigenvalue weighted by molar-refractivity contribution is -0.159. The number of nitrogens with zero attached hydrogens (tertiary/aromatic N) is 1. The molecule has 2 rings (SSSR count). The minimum Gasteiger partial charge on any atom is -0.481 e. The van der Waals surface area contributed by atoms with E-state index in [9.17, 15) is 14.7 Å². The van der Waals surface area contributed by atoms with E-state index in [1.54, 1.807) is 4.90 Å². The van der Waals surface area contributed by atoms with Crippen LogP contribution in [0.2, 0.25) is 0 Å². The zero-order valence-electron chi connectivity index (χ0n) is 10.1. The summed E-state index contributed by atoms with van der Waals surface area (Å²) < 4.78 is 0. The molecule has 1 unspecified atom stereocenters. The molecule has 1 aliphatic carbocycles. The van der Waals surface area contributed by atoms with Crippen LogP contribution in [0.25, 0.3) is 0 Å². The lowest BCUT2D eigenvalue weighted by Crippen LogP contribution is -2.45. The predicted octanol–water partition coefficient (Wildman–Crippen LogP) is 1.60. The number of rotatable bonds is 4. The molecule has 1 N–H and O–H groups in total. The van der Waals surface area contributed by atoms with Crippen molar-refractivity contribution in [3.8, 4) is 0 Å². The van der Waals surface area contributed by atoms with Crippen molar-refractivity contribution >= 4 is 23.6 Å². The summed E-state index contributed by atoms with van der Waals surface area (Å²) in [5.74, 6) is 1.29. The maximum atomic E-state index is 12.1. The molecule has 0 aromatic rings. The minimum absolute atomic E-state index is 0.000370. The van der Waals surface area contributed by atoms with Gasteiger partial charge in [0.15, 0.2) is 0 Å². The molecule has 1 saturated heterocycles. The topological polar surface area (TPSA) is 57.6 Å². The molecule has 0 radical (unpaired) electrons. The molecule has 1 atom stereocenters. The lowest BCUT2D eigenvalue weighted by atomic mass is 9.66. The molecule has 96 valence electrons. The molecule has 0 aromatic carbocycles. The molecule has 1 amide bonds. The van der Waals surface area contributed by atoms with Crippen molar-refractivity contribution in [2.45, 2.75) is 38.1 Å². The van der Waals surface area contributed by atoms with Crippen LogP contribution in [0.3, 0.4) is 0 Å². The van der Waals surface area contributed by atoms with Crippen molar-refractivity contribution in [2.75, 3.05) is 18.6 Å². The van der Waals surface area contributed by atoms with Gasteiger partial charge in [0.05, 0.1) is 5.41 Å². The molecule has 1 heterocycles. The molecule has 2 aliphatic rings. The highest BCUT2D eigenvalue weighted by molar-refractivity contribution is 7.99. The maximum absolute atomic E-state index is 12.1. The fourth-order valence-electron chi connectivity index (χ4n) is 2.52.